The molecule has 4 aromatic rings. The third kappa shape index (κ3) is 3.00. The molecule has 3 aromatic heterocycles. The van der Waals surface area contributed by atoms with Crippen LogP contribution >= 0.6 is 11.6 Å². The summed E-state index contributed by atoms with van der Waals surface area (Å²) in [7, 11) is 1.93. The lowest BCUT2D eigenvalue weighted by Crippen LogP contribution is -2.34. The van der Waals surface area contributed by atoms with E-state index in [2.05, 4.69) is 15.5 Å². The van der Waals surface area contributed by atoms with Crippen molar-refractivity contribution in [1.29, 1.82) is 0 Å². The zero-order chi connectivity index (χ0) is 22.8. The van der Waals surface area contributed by atoms with E-state index in [9.17, 15) is 4.79 Å². The summed E-state index contributed by atoms with van der Waals surface area (Å²) in [4.78, 5) is 17.1. The molecule has 3 heterocycles. The number of carbonyl (C=O) groups is 1. The van der Waals surface area contributed by atoms with Gasteiger partial charge in [0.15, 0.2) is 5.65 Å². The van der Waals surface area contributed by atoms with Gasteiger partial charge < -0.3 is 21.5 Å². The van der Waals surface area contributed by atoms with E-state index in [0.29, 0.717) is 34.2 Å². The van der Waals surface area contributed by atoms with Crippen molar-refractivity contribution in [2.45, 2.75) is 32.2 Å². The molecule has 1 aromatic carbocycles. The number of aryl methyl sites for hydroxylation is 2. The number of nitrogens with two attached hydrogens (primary N) is 2. The number of aromatic amines is 1. The summed E-state index contributed by atoms with van der Waals surface area (Å²) >= 11 is 6.74. The van der Waals surface area contributed by atoms with Gasteiger partial charge in [0, 0.05) is 16.3 Å². The molecule has 0 unspecified atom stereocenters. The van der Waals surface area contributed by atoms with Gasteiger partial charge >= 0.3 is 0 Å². The number of benzene rings is 1. The molecule has 0 spiro atoms. The maximum Gasteiger partial charge on any atom is 0.253 e. The van der Waals surface area contributed by atoms with Crippen molar-refractivity contribution in [3.8, 4) is 11.6 Å². The zero-order valence-electron chi connectivity index (χ0n) is 18.0. The molecule has 1 amide bonds. The number of nitrogens with zero attached hydrogens (tertiary/aromatic N) is 3. The highest BCUT2D eigenvalue weighted by atomic mass is 35.5. The van der Waals surface area contributed by atoms with Gasteiger partial charge in [-0.15, -0.1) is 0 Å². The quantitative estimate of drug-likeness (QED) is 0.354. The molecule has 1 fully saturated rings. The number of pyridine rings is 1. The number of likely N-dealkylation sites (N-methyl/N-ethyl adjacent to an activating group) is 1. The van der Waals surface area contributed by atoms with Crippen LogP contribution in [0, 0.1) is 13.8 Å². The number of nitrogens with one attached hydrogen (secondary N) is 2. The average molecular weight is 454 g/mol. The van der Waals surface area contributed by atoms with Crippen molar-refractivity contribution in [1.82, 2.24) is 25.1 Å². The summed E-state index contributed by atoms with van der Waals surface area (Å²) in [6.45, 7) is 4.27. The smallest absolute Gasteiger partial charge is 0.253 e. The number of hydrogen-bond donors (Lipinski definition) is 4. The van der Waals surface area contributed by atoms with Crippen LogP contribution in [0.1, 0.15) is 34.3 Å². The number of carbonyl (C=O) groups excluding carboxylic acids is 1. The Bertz CT molecular complexity index is 1400. The predicted octanol–water partition coefficient (Wildman–Crippen LogP) is 2.98. The first-order valence-corrected chi connectivity index (χ1v) is 10.7. The van der Waals surface area contributed by atoms with Gasteiger partial charge in [-0.3, -0.25) is 14.5 Å². The Morgan fingerprint density at radius 1 is 1.31 bits per heavy atom. The molecule has 0 aliphatic heterocycles. The lowest BCUT2D eigenvalue weighted by molar-refractivity contribution is 0.100. The van der Waals surface area contributed by atoms with Crippen LogP contribution in [0.2, 0.25) is 5.02 Å². The van der Waals surface area contributed by atoms with Gasteiger partial charge in [-0.2, -0.15) is 10.1 Å². The fraction of sp³-hybridized carbons (Fsp3) is 0.318. The summed E-state index contributed by atoms with van der Waals surface area (Å²) in [6.07, 6.45) is 3.77. The van der Waals surface area contributed by atoms with E-state index in [-0.39, 0.29) is 16.9 Å². The minimum absolute atomic E-state index is 0.00864. The maximum absolute atomic E-state index is 12.4. The molecule has 1 saturated carbocycles. The van der Waals surface area contributed by atoms with Crippen LogP contribution in [0.5, 0.6) is 5.88 Å². The molecule has 166 valence electrons. The fourth-order valence-electron chi connectivity index (χ4n) is 4.16. The topological polar surface area (TPSA) is 137 Å². The lowest BCUT2D eigenvalue weighted by atomic mass is 10.1. The van der Waals surface area contributed by atoms with E-state index in [4.69, 9.17) is 32.8 Å². The van der Waals surface area contributed by atoms with Crippen LogP contribution < -0.4 is 21.5 Å². The number of amides is 1. The third-order valence-electron chi connectivity index (χ3n) is 6.30. The molecule has 6 N–H and O–H groups in total. The molecule has 0 bridgehead atoms. The van der Waals surface area contributed by atoms with E-state index >= 15 is 0 Å². The molecular weight excluding hydrogens is 430 g/mol. The molecule has 9 nitrogen and oxygen atoms in total. The van der Waals surface area contributed by atoms with Crippen molar-refractivity contribution in [2.24, 2.45) is 5.73 Å². The summed E-state index contributed by atoms with van der Waals surface area (Å²) in [5.41, 5.74) is 15.8. The summed E-state index contributed by atoms with van der Waals surface area (Å²) < 4.78 is 7.76. The van der Waals surface area contributed by atoms with Gasteiger partial charge in [-0.1, -0.05) is 11.6 Å². The largest absolute Gasteiger partial charge is 0.475 e. The number of rotatable bonds is 6. The first-order chi connectivity index (χ1) is 15.3. The fourth-order valence-corrected chi connectivity index (χ4v) is 4.40. The number of hydrogen-bond acceptors (Lipinski definition) is 6. The molecule has 1 aliphatic carbocycles. The van der Waals surface area contributed by atoms with Crippen LogP contribution in [0.25, 0.3) is 27.6 Å². The zero-order valence-corrected chi connectivity index (χ0v) is 18.8. The molecule has 10 heteroatoms. The number of nitrogen functional groups attached to an aromatic ring is 1. The number of anilines is 1. The van der Waals surface area contributed by atoms with Crippen LogP contribution in [-0.2, 0) is 0 Å². The summed E-state index contributed by atoms with van der Waals surface area (Å²) in [5.74, 6) is 0.00175. The molecule has 0 atom stereocenters. The van der Waals surface area contributed by atoms with Gasteiger partial charge in [0.2, 0.25) is 5.88 Å². The molecule has 5 rings (SSSR count). The Balaban J connectivity index is 1.78. The second kappa shape index (κ2) is 7.11. The first-order valence-electron chi connectivity index (χ1n) is 10.3. The number of primary amides is 1. The monoisotopic (exact) mass is 453 g/mol. The Kier molecular flexibility index (Phi) is 4.58. The molecule has 32 heavy (non-hydrogen) atoms. The summed E-state index contributed by atoms with van der Waals surface area (Å²) in [6, 6.07) is 3.74. The van der Waals surface area contributed by atoms with Gasteiger partial charge in [-0.05, 0) is 51.4 Å². The van der Waals surface area contributed by atoms with Crippen LogP contribution in [0.4, 0.5) is 5.82 Å². The number of halogens is 1. The summed E-state index contributed by atoms with van der Waals surface area (Å²) in [5, 5.41) is 12.2. The average Bonchev–Trinajstić information content (AvgIpc) is 3.30. The number of H-pyrrole nitrogens is 1. The first kappa shape index (κ1) is 20.6. The highest BCUT2D eigenvalue weighted by Crippen LogP contribution is 2.40. The van der Waals surface area contributed by atoms with E-state index in [1.165, 1.54) is 0 Å². The Labute approximate surface area is 189 Å². The Hall–Kier alpha value is -3.30. The minimum Gasteiger partial charge on any atom is -0.475 e. The van der Waals surface area contributed by atoms with Crippen LogP contribution in [0.15, 0.2) is 18.3 Å². The van der Waals surface area contributed by atoms with Gasteiger partial charge in [-0.25, -0.2) is 0 Å². The van der Waals surface area contributed by atoms with Gasteiger partial charge in [0.05, 0.1) is 33.5 Å². The van der Waals surface area contributed by atoms with Crippen LogP contribution in [-0.4, -0.2) is 44.8 Å². The van der Waals surface area contributed by atoms with Gasteiger partial charge in [0.1, 0.15) is 12.4 Å². The Morgan fingerprint density at radius 2 is 2.06 bits per heavy atom. The second-order valence-electron chi connectivity index (χ2n) is 8.45. The molecular formula is C22H24ClN7O2. The highest BCUT2D eigenvalue weighted by molar-refractivity contribution is 6.35. The SMILES string of the molecule is CNC1(COc2nc3c(cc2C)c(C(N)=O)c(N)n3-c2c(Cl)c(C)cc3[nH]ncc23)CC1. The van der Waals surface area contributed by atoms with E-state index in [1.807, 2.05) is 33.0 Å². The van der Waals surface area contributed by atoms with Gasteiger partial charge in [0.25, 0.3) is 5.91 Å². The maximum atomic E-state index is 12.4. The molecule has 0 radical (unpaired) electrons. The second-order valence-corrected chi connectivity index (χ2v) is 8.83. The Morgan fingerprint density at radius 3 is 2.72 bits per heavy atom. The molecule has 1 aliphatic rings. The van der Waals surface area contributed by atoms with Crippen LogP contribution in [0.3, 0.4) is 0 Å². The normalized spacial score (nSPS) is 14.9. The van der Waals surface area contributed by atoms with E-state index in [0.717, 1.165) is 34.9 Å². The van der Waals surface area contributed by atoms with E-state index < -0.39 is 5.91 Å². The number of ether oxygens (including phenoxy) is 1. The predicted molar refractivity (Wildman–Crippen MR) is 125 cm³/mol. The number of fused-ring (bicyclic) bond motifs is 2. The van der Waals surface area contributed by atoms with Crippen molar-refractivity contribution in [2.75, 3.05) is 19.4 Å². The van der Waals surface area contributed by atoms with Crippen molar-refractivity contribution < 1.29 is 9.53 Å². The highest BCUT2D eigenvalue weighted by Gasteiger charge is 2.42. The third-order valence-corrected chi connectivity index (χ3v) is 6.78. The van der Waals surface area contributed by atoms with Crippen molar-refractivity contribution >= 4 is 45.3 Å². The standard InChI is InChI=1S/C22H24ClN7O2/c1-10-7-14-13(8-27-29-14)17(16(10)23)30-18(24)15(19(25)31)12-6-11(2)21(28-20(12)30)32-9-22(26-3)4-5-22/h6-8,26H,4-5,9,24H2,1-3H3,(H2,25,31)(H,27,29). The van der Waals surface area contributed by atoms with E-state index in [1.54, 1.807) is 10.8 Å². The lowest BCUT2D eigenvalue weighted by Gasteiger charge is -2.17. The van der Waals surface area contributed by atoms with Crippen molar-refractivity contribution in [3.05, 3.63) is 40.0 Å². The van der Waals surface area contributed by atoms with Crippen molar-refractivity contribution in [3.63, 3.8) is 0 Å². The minimum atomic E-state index is -0.638. The molecule has 0 saturated heterocycles. The number of aromatic nitrogens is 4.